The number of methoxy groups -OCH3 is 2. The Labute approximate surface area is 479 Å². The number of nitrogens with one attached hydrogen (secondary N) is 1. The molecule has 2 saturated carbocycles. The van der Waals surface area contributed by atoms with Crippen molar-refractivity contribution in [2.45, 2.75) is 102 Å². The molecule has 4 aromatic carbocycles. The average Bonchev–Trinajstić information content (AvgIpc) is 4.41. The number of hydrogen-bond donors (Lipinski definition) is 1. The molecule has 10 radical (unpaired) electrons. The fourth-order valence-electron chi connectivity index (χ4n) is 9.69. The summed E-state index contributed by atoms with van der Waals surface area (Å²) < 4.78 is 51.2. The van der Waals surface area contributed by atoms with Gasteiger partial charge in [0.05, 0.1) is 52.7 Å². The van der Waals surface area contributed by atoms with E-state index in [1.807, 2.05) is 134 Å². The van der Waals surface area contributed by atoms with Gasteiger partial charge in [-0.1, -0.05) is 91.3 Å². The summed E-state index contributed by atoms with van der Waals surface area (Å²) in [6, 6.07) is 37.6. The summed E-state index contributed by atoms with van der Waals surface area (Å²) >= 11 is 0. The first-order valence-electron chi connectivity index (χ1n) is 26.5. The molecule has 3 heterocycles. The largest absolute Gasteiger partial charge is 2.00 e. The van der Waals surface area contributed by atoms with Crippen molar-refractivity contribution in [1.82, 2.24) is 24.2 Å². The maximum Gasteiger partial charge on any atom is 2.00 e. The third kappa shape index (κ3) is 16.0. The molecule has 15 nitrogen and oxygen atoms in total. The summed E-state index contributed by atoms with van der Waals surface area (Å²) in [6.45, 7) is 8.97. The number of hydrogen-bond acceptors (Lipinski definition) is 13. The van der Waals surface area contributed by atoms with Gasteiger partial charge in [0.15, 0.2) is 23.2 Å². The van der Waals surface area contributed by atoms with Crippen LogP contribution in [0.4, 0.5) is 5.82 Å². The number of ether oxygens (including phenoxy) is 5. The van der Waals surface area contributed by atoms with Gasteiger partial charge in [0.2, 0.25) is 5.91 Å². The second kappa shape index (κ2) is 31.1. The minimum atomic E-state index is -1.81. The monoisotopic (exact) mass is 1130 g/mol. The first kappa shape index (κ1) is 61.3. The first-order chi connectivity index (χ1) is 38.1. The van der Waals surface area contributed by atoms with Crippen molar-refractivity contribution in [3.63, 3.8) is 0 Å². The third-order valence-electron chi connectivity index (χ3n) is 13.4. The maximum absolute atomic E-state index is 13.4. The van der Waals surface area contributed by atoms with Gasteiger partial charge in [-0.05, 0) is 151 Å². The number of nitrogens with zero attached hydrogens (tertiary/aromatic N) is 6. The molecule has 1 unspecified atom stereocenters. The van der Waals surface area contributed by atoms with Crippen molar-refractivity contribution in [1.29, 1.82) is 5.26 Å². The number of aromatic nitrogens is 4. The van der Waals surface area contributed by atoms with Crippen molar-refractivity contribution in [2.75, 3.05) is 39.4 Å². The Kier molecular flexibility index (Phi) is 24.1. The number of rotatable bonds is 26. The molecular formula is C62H70FeN7O8P+2. The maximum atomic E-state index is 13.4. The average molecular weight is 1130 g/mol. The first-order valence-corrected chi connectivity index (χ1v) is 27.7. The Morgan fingerprint density at radius 1 is 0.759 bits per heavy atom. The van der Waals surface area contributed by atoms with Gasteiger partial charge in [-0.2, -0.15) is 5.26 Å². The van der Waals surface area contributed by atoms with Crippen LogP contribution < -0.4 is 14.8 Å². The zero-order valence-corrected chi connectivity index (χ0v) is 47.6. The number of carbonyl (C=O) groups is 1. The van der Waals surface area contributed by atoms with Crippen molar-refractivity contribution in [3.05, 3.63) is 208 Å². The van der Waals surface area contributed by atoms with E-state index in [1.54, 1.807) is 20.5 Å². The predicted octanol–water partition coefficient (Wildman–Crippen LogP) is 11.6. The van der Waals surface area contributed by atoms with Crippen LogP contribution in [-0.4, -0.2) is 94.5 Å². The van der Waals surface area contributed by atoms with Crippen LogP contribution >= 0.6 is 8.53 Å². The quantitative estimate of drug-likeness (QED) is 0.0236. The van der Waals surface area contributed by atoms with Crippen LogP contribution in [0.3, 0.4) is 0 Å². The van der Waals surface area contributed by atoms with Crippen LogP contribution in [0, 0.1) is 75.0 Å². The van der Waals surface area contributed by atoms with E-state index in [4.69, 9.17) is 42.7 Å². The fraction of sp³-hybridized carbons (Fsp3) is 0.339. The van der Waals surface area contributed by atoms with Crippen LogP contribution in [0.15, 0.2) is 122 Å². The summed E-state index contributed by atoms with van der Waals surface area (Å²) in [5.74, 6) is 2.70. The normalized spacial score (nSPS) is 18.8. The van der Waals surface area contributed by atoms with Gasteiger partial charge in [-0.15, -0.1) is 0 Å². The molecule has 3 fully saturated rings. The number of benzene rings is 4. The molecule has 6 aromatic rings. The molecule has 1 aliphatic heterocycles. The zero-order chi connectivity index (χ0) is 54.7. The number of anilines is 1. The minimum absolute atomic E-state index is 0. The molecule has 1 saturated heterocycles. The van der Waals surface area contributed by atoms with Gasteiger partial charge < -0.3 is 38.0 Å². The smallest absolute Gasteiger partial charge is 0.497 e. The number of amides is 1. The van der Waals surface area contributed by atoms with E-state index >= 15 is 0 Å². The second-order valence-electron chi connectivity index (χ2n) is 19.3. The summed E-state index contributed by atoms with van der Waals surface area (Å²) in [4.78, 5) is 27.4. The van der Waals surface area contributed by atoms with Crippen molar-refractivity contribution in [3.8, 4) is 17.6 Å². The van der Waals surface area contributed by atoms with Gasteiger partial charge in [0, 0.05) is 18.7 Å². The summed E-state index contributed by atoms with van der Waals surface area (Å²) in [5.41, 5.74) is 3.05. The zero-order valence-electron chi connectivity index (χ0n) is 45.6. The van der Waals surface area contributed by atoms with Crippen LogP contribution in [0.1, 0.15) is 81.9 Å². The Bertz CT molecular complexity index is 2710. The molecule has 2 aliphatic carbocycles. The molecule has 412 valence electrons. The SMILES string of the molecule is COc1ccc(C(OC[C@H]2O[C@@H](n3cnc4c(NC(=O)Cc5ccccc5)ncnc43)[C@H](OCCCC[C]3[CH][CH][CH][CH]3)[C@@H]2OP(OCCC#N)N(C(C)C)C(C)C)(c2ccccc2)c2ccc(OC)cc2)cc1.[CH]1[CH][CH][CH][CH]1.[Fe+2]. The van der Waals surface area contributed by atoms with Gasteiger partial charge in [0.25, 0.3) is 8.53 Å². The third-order valence-corrected chi connectivity index (χ3v) is 15.5. The number of imidazole rings is 1. The number of fused-ring (bicyclic) bond motifs is 1. The molecule has 0 bridgehead atoms. The van der Waals surface area contributed by atoms with Crippen LogP contribution in [0.5, 0.6) is 11.5 Å². The van der Waals surface area contributed by atoms with E-state index in [-0.39, 0.29) is 66.9 Å². The second-order valence-corrected chi connectivity index (χ2v) is 20.7. The Morgan fingerprint density at radius 3 is 1.94 bits per heavy atom. The molecule has 3 aliphatic rings. The summed E-state index contributed by atoms with van der Waals surface area (Å²) in [6.07, 6.45) is 21.1. The summed E-state index contributed by atoms with van der Waals surface area (Å²) in [5, 5.41) is 12.6. The van der Waals surface area contributed by atoms with E-state index in [9.17, 15) is 10.1 Å². The molecule has 79 heavy (non-hydrogen) atoms. The van der Waals surface area contributed by atoms with E-state index < -0.39 is 38.7 Å². The summed E-state index contributed by atoms with van der Waals surface area (Å²) in [7, 11) is 1.48. The molecule has 17 heteroatoms. The van der Waals surface area contributed by atoms with E-state index in [1.165, 1.54) is 12.2 Å². The molecule has 5 atom stereocenters. The van der Waals surface area contributed by atoms with Gasteiger partial charge >= 0.3 is 17.1 Å². The van der Waals surface area contributed by atoms with E-state index in [0.717, 1.165) is 41.5 Å². The predicted molar refractivity (Wildman–Crippen MR) is 302 cm³/mol. The molecule has 2 aromatic heterocycles. The standard InChI is InChI=1S/C57H65N7O8P.C5H5.Fe/c1-40(2)64(41(3)4)73(70-35-17-33-58)72-52-49(37-69-57(44-23-11-8-12-24-44,45-25-29-47(66-5)30-26-45)46-27-31-48(67-6)32-28-46)71-56(53(52)68-34-16-15-20-42-18-13-14-19-42)63-39-61-51-54(59-38-60-55(51)63)62-50(65)36-43-21-9-7-10-22-43;1-2-4-5-3-1;/h7-14,18-19,21-32,38-41,49,52-53,56H,15-17,20,34-37H2,1-6H3,(H,59,60,62,65);1-5H;/q;;+2/t49-,52-,53-,56-,73?;;/m1../s1. The Hall–Kier alpha value is -5.30. The van der Waals surface area contributed by atoms with Crippen LogP contribution in [0.25, 0.3) is 11.2 Å². The minimum Gasteiger partial charge on any atom is -0.497 e. The van der Waals surface area contributed by atoms with Gasteiger partial charge in [-0.3, -0.25) is 9.36 Å². The van der Waals surface area contributed by atoms with Crippen molar-refractivity contribution in [2.24, 2.45) is 0 Å². The van der Waals surface area contributed by atoms with Crippen molar-refractivity contribution < 1.29 is 54.6 Å². The van der Waals surface area contributed by atoms with Gasteiger partial charge in [0.1, 0.15) is 41.7 Å². The molecule has 9 rings (SSSR count). The van der Waals surface area contributed by atoms with Gasteiger partial charge in [-0.25, -0.2) is 19.6 Å². The fourth-order valence-corrected chi connectivity index (χ4v) is 11.5. The number of carbonyl (C=O) groups excluding carboxylic acids is 1. The van der Waals surface area contributed by atoms with Crippen LogP contribution in [-0.2, 0) is 57.1 Å². The van der Waals surface area contributed by atoms with E-state index in [2.05, 4.69) is 86.6 Å². The van der Waals surface area contributed by atoms with Crippen LogP contribution in [0.2, 0.25) is 0 Å². The molecule has 1 N–H and O–H groups in total. The molecular weight excluding hydrogens is 1060 g/mol. The molecule has 0 spiro atoms. The van der Waals surface area contributed by atoms with Crippen molar-refractivity contribution >= 4 is 31.4 Å². The Balaban J connectivity index is 0.00000142. The van der Waals surface area contributed by atoms with E-state index in [0.29, 0.717) is 29.3 Å². The topological polar surface area (TPSA) is 164 Å². The number of nitriles is 1. The number of unbranched alkanes of at least 4 members (excludes halogenated alkanes) is 1. The molecule has 1 amide bonds. The Morgan fingerprint density at radius 2 is 1.35 bits per heavy atom.